The highest BCUT2D eigenvalue weighted by atomic mass is 14.9. The van der Waals surface area contributed by atoms with Crippen molar-refractivity contribution in [2.75, 3.05) is 13.1 Å². The van der Waals surface area contributed by atoms with Crippen LogP contribution in [0, 0.1) is 11.8 Å². The fourth-order valence-corrected chi connectivity index (χ4v) is 3.06. The Morgan fingerprint density at radius 3 is 2.64 bits per heavy atom. The largest absolute Gasteiger partial charge is 0.316 e. The van der Waals surface area contributed by atoms with E-state index in [9.17, 15) is 0 Å². The van der Waals surface area contributed by atoms with E-state index in [1.807, 2.05) is 12.4 Å². The lowest BCUT2D eigenvalue weighted by atomic mass is 9.98. The molecule has 1 N–H and O–H groups in total. The van der Waals surface area contributed by atoms with Crippen LogP contribution in [0.4, 0.5) is 0 Å². The number of rotatable bonds is 1. The van der Waals surface area contributed by atoms with E-state index in [4.69, 9.17) is 0 Å². The van der Waals surface area contributed by atoms with Gasteiger partial charge in [-0.3, -0.25) is 4.98 Å². The zero-order chi connectivity index (χ0) is 9.38. The molecular formula is C12H16N2. The number of nitrogens with one attached hydrogen (secondary N) is 1. The molecule has 2 nitrogen and oxygen atoms in total. The molecule has 2 heteroatoms. The van der Waals surface area contributed by atoms with Gasteiger partial charge in [0.2, 0.25) is 0 Å². The van der Waals surface area contributed by atoms with Crippen LogP contribution in [0.2, 0.25) is 0 Å². The first-order valence-electron chi connectivity index (χ1n) is 5.54. The highest BCUT2D eigenvalue weighted by molar-refractivity contribution is 5.17. The number of aromatic nitrogens is 1. The first-order chi connectivity index (χ1) is 6.93. The SMILES string of the molecule is c1cncc(C2C[C@H]3CNC[C@H]3C2)c1. The zero-order valence-corrected chi connectivity index (χ0v) is 8.32. The molecule has 0 spiro atoms. The molecule has 14 heavy (non-hydrogen) atoms. The normalized spacial score (nSPS) is 35.9. The fraction of sp³-hybridized carbons (Fsp3) is 0.583. The van der Waals surface area contributed by atoms with E-state index >= 15 is 0 Å². The molecule has 3 atom stereocenters. The van der Waals surface area contributed by atoms with E-state index in [0.717, 1.165) is 17.8 Å². The summed E-state index contributed by atoms with van der Waals surface area (Å²) in [5.41, 5.74) is 1.45. The van der Waals surface area contributed by atoms with E-state index < -0.39 is 0 Å². The van der Waals surface area contributed by atoms with Crippen LogP contribution in [-0.4, -0.2) is 18.1 Å². The molecule has 0 bridgehead atoms. The molecule has 1 aliphatic heterocycles. The fourth-order valence-electron chi connectivity index (χ4n) is 3.06. The third-order valence-corrected chi connectivity index (χ3v) is 3.81. The molecule has 3 rings (SSSR count). The Balaban J connectivity index is 1.77. The van der Waals surface area contributed by atoms with Crippen molar-refractivity contribution < 1.29 is 0 Å². The Labute approximate surface area is 84.7 Å². The van der Waals surface area contributed by atoms with Gasteiger partial charge in [-0.1, -0.05) is 6.07 Å². The molecule has 1 aliphatic carbocycles. The van der Waals surface area contributed by atoms with Crippen molar-refractivity contribution in [2.45, 2.75) is 18.8 Å². The summed E-state index contributed by atoms with van der Waals surface area (Å²) in [6, 6.07) is 4.29. The van der Waals surface area contributed by atoms with Gasteiger partial charge in [-0.2, -0.15) is 0 Å². The predicted octanol–water partition coefficient (Wildman–Crippen LogP) is 1.79. The first-order valence-corrected chi connectivity index (χ1v) is 5.54. The summed E-state index contributed by atoms with van der Waals surface area (Å²) >= 11 is 0. The number of pyridine rings is 1. The van der Waals surface area contributed by atoms with E-state index in [0.29, 0.717) is 0 Å². The maximum Gasteiger partial charge on any atom is 0.0302 e. The lowest BCUT2D eigenvalue weighted by molar-refractivity contribution is 0.494. The third kappa shape index (κ3) is 1.34. The van der Waals surface area contributed by atoms with Gasteiger partial charge in [-0.05, 0) is 55.3 Å². The Morgan fingerprint density at radius 2 is 2.00 bits per heavy atom. The summed E-state index contributed by atoms with van der Waals surface area (Å²) in [5.74, 6) is 2.64. The quantitative estimate of drug-likeness (QED) is 0.727. The van der Waals surface area contributed by atoms with E-state index in [2.05, 4.69) is 22.4 Å². The van der Waals surface area contributed by atoms with Gasteiger partial charge in [-0.15, -0.1) is 0 Å². The van der Waals surface area contributed by atoms with E-state index in [-0.39, 0.29) is 0 Å². The van der Waals surface area contributed by atoms with Crippen LogP contribution >= 0.6 is 0 Å². The topological polar surface area (TPSA) is 24.9 Å². The summed E-state index contributed by atoms with van der Waals surface area (Å²) in [6.45, 7) is 2.48. The maximum absolute atomic E-state index is 4.21. The molecule has 0 amide bonds. The molecular weight excluding hydrogens is 172 g/mol. The second-order valence-corrected chi connectivity index (χ2v) is 4.63. The molecule has 1 aromatic heterocycles. The third-order valence-electron chi connectivity index (χ3n) is 3.81. The van der Waals surface area contributed by atoms with E-state index in [1.165, 1.54) is 31.5 Å². The maximum atomic E-state index is 4.21. The summed E-state index contributed by atoms with van der Waals surface area (Å²) in [5, 5.41) is 3.48. The first kappa shape index (κ1) is 8.42. The average Bonchev–Trinajstić information content (AvgIpc) is 2.78. The summed E-state index contributed by atoms with van der Waals surface area (Å²) < 4.78 is 0. The Hall–Kier alpha value is -0.890. The van der Waals surface area contributed by atoms with Crippen LogP contribution < -0.4 is 5.32 Å². The molecule has 2 aliphatic rings. The molecule has 1 aromatic rings. The number of nitrogens with zero attached hydrogens (tertiary/aromatic N) is 1. The monoisotopic (exact) mass is 188 g/mol. The predicted molar refractivity (Wildman–Crippen MR) is 56.1 cm³/mol. The van der Waals surface area contributed by atoms with Crippen LogP contribution in [0.5, 0.6) is 0 Å². The van der Waals surface area contributed by atoms with Crippen molar-refractivity contribution in [3.8, 4) is 0 Å². The van der Waals surface area contributed by atoms with E-state index in [1.54, 1.807) is 0 Å². The highest BCUT2D eigenvalue weighted by Crippen LogP contribution is 2.43. The smallest absolute Gasteiger partial charge is 0.0302 e. The number of fused-ring (bicyclic) bond motifs is 1. The van der Waals surface area contributed by atoms with Crippen LogP contribution in [0.1, 0.15) is 24.3 Å². The highest BCUT2D eigenvalue weighted by Gasteiger charge is 2.37. The number of hydrogen-bond acceptors (Lipinski definition) is 2. The van der Waals surface area contributed by atoms with Crippen molar-refractivity contribution in [3.63, 3.8) is 0 Å². The van der Waals surface area contributed by atoms with Gasteiger partial charge < -0.3 is 5.32 Å². The number of hydrogen-bond donors (Lipinski definition) is 1. The van der Waals surface area contributed by atoms with Crippen molar-refractivity contribution in [1.29, 1.82) is 0 Å². The minimum absolute atomic E-state index is 0.779. The zero-order valence-electron chi connectivity index (χ0n) is 8.32. The minimum Gasteiger partial charge on any atom is -0.316 e. The van der Waals surface area contributed by atoms with Crippen LogP contribution in [0.25, 0.3) is 0 Å². The Morgan fingerprint density at radius 1 is 1.21 bits per heavy atom. The van der Waals surface area contributed by atoms with Crippen molar-refractivity contribution >= 4 is 0 Å². The van der Waals surface area contributed by atoms with Crippen molar-refractivity contribution in [1.82, 2.24) is 10.3 Å². The molecule has 0 aromatic carbocycles. The standard InChI is InChI=1S/C12H16N2/c1-2-9(6-13-3-1)10-4-11-7-14-8-12(11)5-10/h1-3,6,10-12,14H,4-5,7-8H2/t10?,11-,12+. The molecule has 1 unspecified atom stereocenters. The van der Waals surface area contributed by atoms with Crippen molar-refractivity contribution in [3.05, 3.63) is 30.1 Å². The van der Waals surface area contributed by atoms with Gasteiger partial charge in [0.05, 0.1) is 0 Å². The average molecular weight is 188 g/mol. The molecule has 1 saturated carbocycles. The molecule has 2 fully saturated rings. The lowest BCUT2D eigenvalue weighted by Gasteiger charge is -2.10. The Kier molecular flexibility index (Phi) is 2.02. The van der Waals surface area contributed by atoms with Crippen LogP contribution in [0.3, 0.4) is 0 Å². The second kappa shape index (κ2) is 3.35. The molecule has 1 saturated heterocycles. The van der Waals surface area contributed by atoms with Crippen molar-refractivity contribution in [2.24, 2.45) is 11.8 Å². The van der Waals surface area contributed by atoms with Crippen LogP contribution in [0.15, 0.2) is 24.5 Å². The summed E-state index contributed by atoms with van der Waals surface area (Å²) in [7, 11) is 0. The van der Waals surface area contributed by atoms with Gasteiger partial charge in [0.25, 0.3) is 0 Å². The Bertz CT molecular complexity index is 297. The lowest BCUT2D eigenvalue weighted by Crippen LogP contribution is -2.11. The van der Waals surface area contributed by atoms with Gasteiger partial charge in [0.15, 0.2) is 0 Å². The second-order valence-electron chi connectivity index (χ2n) is 4.63. The van der Waals surface area contributed by atoms with Gasteiger partial charge in [-0.25, -0.2) is 0 Å². The molecule has 2 heterocycles. The summed E-state index contributed by atoms with van der Waals surface area (Å²) in [6.07, 6.45) is 6.63. The van der Waals surface area contributed by atoms with Gasteiger partial charge in [0, 0.05) is 12.4 Å². The van der Waals surface area contributed by atoms with Gasteiger partial charge >= 0.3 is 0 Å². The molecule has 0 radical (unpaired) electrons. The summed E-state index contributed by atoms with van der Waals surface area (Å²) in [4.78, 5) is 4.21. The minimum atomic E-state index is 0.779. The van der Waals surface area contributed by atoms with Gasteiger partial charge in [0.1, 0.15) is 0 Å². The van der Waals surface area contributed by atoms with Crippen LogP contribution in [-0.2, 0) is 0 Å². The molecule has 74 valence electrons.